The maximum atomic E-state index is 14.6. The molecular formula is C26H33FN6O3. The number of rotatable bonds is 7. The Morgan fingerprint density at radius 1 is 1.33 bits per heavy atom. The summed E-state index contributed by atoms with van der Waals surface area (Å²) in [5.74, 6) is 0.416. The number of nitriles is 1. The monoisotopic (exact) mass is 496 g/mol. The lowest BCUT2D eigenvalue weighted by Crippen LogP contribution is -2.55. The summed E-state index contributed by atoms with van der Waals surface area (Å²) in [4.78, 5) is 11.1. The quantitative estimate of drug-likeness (QED) is 0.591. The second-order valence-corrected chi connectivity index (χ2v) is 10.3. The first-order chi connectivity index (χ1) is 17.4. The predicted molar refractivity (Wildman–Crippen MR) is 133 cm³/mol. The van der Waals surface area contributed by atoms with Gasteiger partial charge in [-0.2, -0.15) is 10.2 Å². The fraction of sp³-hybridized carbons (Fsp3) is 0.577. The third-order valence-corrected chi connectivity index (χ3v) is 7.21. The summed E-state index contributed by atoms with van der Waals surface area (Å²) in [6.45, 7) is 7.55. The standard InChI is InChI=1S/C26H33FN6O3/c1-26(2)12-19(11-20-4-3-7-33(20)26)30-24-22(27)14-29-25(32-24)31-18-5-6-23(17(10-18)13-28)36-16-21-15-34-8-9-35-21/h5-6,10,14,19-21H,3-4,7-9,11-12,15-16H2,1-2H3,(H2,29,30,31,32). The largest absolute Gasteiger partial charge is 0.489 e. The van der Waals surface area contributed by atoms with Gasteiger partial charge in [0.25, 0.3) is 0 Å². The molecule has 0 bridgehead atoms. The average molecular weight is 497 g/mol. The Kier molecular flexibility index (Phi) is 7.23. The van der Waals surface area contributed by atoms with Gasteiger partial charge in [0.2, 0.25) is 5.95 Å². The number of ether oxygens (including phenoxy) is 3. The summed E-state index contributed by atoms with van der Waals surface area (Å²) in [6, 6.07) is 7.96. The van der Waals surface area contributed by atoms with Gasteiger partial charge in [-0.05, 0) is 64.3 Å². The molecule has 0 aliphatic carbocycles. The Bertz CT molecular complexity index is 1120. The van der Waals surface area contributed by atoms with Gasteiger partial charge in [-0.25, -0.2) is 9.37 Å². The van der Waals surface area contributed by atoms with Crippen molar-refractivity contribution < 1.29 is 18.6 Å². The van der Waals surface area contributed by atoms with E-state index in [0.717, 1.165) is 19.4 Å². The number of anilines is 3. The van der Waals surface area contributed by atoms with Crippen LogP contribution in [0.25, 0.3) is 0 Å². The van der Waals surface area contributed by atoms with Crippen LogP contribution in [0.4, 0.5) is 21.8 Å². The van der Waals surface area contributed by atoms with E-state index in [4.69, 9.17) is 14.2 Å². The molecule has 3 unspecified atom stereocenters. The fourth-order valence-corrected chi connectivity index (χ4v) is 5.61. The third kappa shape index (κ3) is 5.53. The molecule has 0 spiro atoms. The Labute approximate surface area is 211 Å². The van der Waals surface area contributed by atoms with Crippen molar-refractivity contribution in [2.75, 3.05) is 43.6 Å². The van der Waals surface area contributed by atoms with Crippen LogP contribution in [-0.2, 0) is 9.47 Å². The number of nitrogens with zero attached hydrogens (tertiary/aromatic N) is 4. The molecule has 3 aliphatic heterocycles. The molecule has 10 heteroatoms. The zero-order chi connectivity index (χ0) is 25.1. The van der Waals surface area contributed by atoms with Gasteiger partial charge in [-0.1, -0.05) is 0 Å². The summed E-state index contributed by atoms with van der Waals surface area (Å²) in [5, 5.41) is 16.0. The molecule has 3 aliphatic rings. The number of piperidine rings is 1. The molecule has 9 nitrogen and oxygen atoms in total. The molecule has 192 valence electrons. The van der Waals surface area contributed by atoms with E-state index in [1.165, 1.54) is 19.0 Å². The van der Waals surface area contributed by atoms with E-state index in [1.54, 1.807) is 18.2 Å². The number of benzene rings is 1. The zero-order valence-corrected chi connectivity index (χ0v) is 20.8. The Morgan fingerprint density at radius 3 is 3.03 bits per heavy atom. The second-order valence-electron chi connectivity index (χ2n) is 10.3. The molecule has 2 N–H and O–H groups in total. The molecule has 0 radical (unpaired) electrons. The van der Waals surface area contributed by atoms with Crippen LogP contribution in [0.1, 0.15) is 45.1 Å². The van der Waals surface area contributed by atoms with Crippen molar-refractivity contribution >= 4 is 17.5 Å². The van der Waals surface area contributed by atoms with E-state index in [0.29, 0.717) is 49.5 Å². The van der Waals surface area contributed by atoms with E-state index in [1.807, 2.05) is 0 Å². The topological polar surface area (TPSA) is 105 Å². The molecule has 1 aromatic carbocycles. The summed E-state index contributed by atoms with van der Waals surface area (Å²) in [6.07, 6.45) is 5.30. The fourth-order valence-electron chi connectivity index (χ4n) is 5.61. The number of hydrogen-bond donors (Lipinski definition) is 2. The summed E-state index contributed by atoms with van der Waals surface area (Å²) in [7, 11) is 0. The lowest BCUT2D eigenvalue weighted by atomic mass is 9.84. The highest BCUT2D eigenvalue weighted by Gasteiger charge is 2.43. The maximum absolute atomic E-state index is 14.6. The van der Waals surface area contributed by atoms with E-state index in [2.05, 4.69) is 45.4 Å². The SMILES string of the molecule is CC1(C)CC(Nc2nc(Nc3ccc(OCC4COCCO4)c(C#N)c3)ncc2F)CC2CCCN21. The van der Waals surface area contributed by atoms with Gasteiger partial charge in [-0.15, -0.1) is 0 Å². The minimum absolute atomic E-state index is 0.0648. The van der Waals surface area contributed by atoms with Crippen LogP contribution >= 0.6 is 0 Å². The van der Waals surface area contributed by atoms with Gasteiger partial charge in [0, 0.05) is 23.3 Å². The third-order valence-electron chi connectivity index (χ3n) is 7.21. The smallest absolute Gasteiger partial charge is 0.229 e. The molecule has 36 heavy (non-hydrogen) atoms. The number of hydrogen-bond acceptors (Lipinski definition) is 9. The molecule has 3 saturated heterocycles. The van der Waals surface area contributed by atoms with E-state index >= 15 is 0 Å². The van der Waals surface area contributed by atoms with Crippen molar-refractivity contribution in [3.8, 4) is 11.8 Å². The van der Waals surface area contributed by atoms with Crippen LogP contribution in [0.3, 0.4) is 0 Å². The van der Waals surface area contributed by atoms with E-state index < -0.39 is 5.82 Å². The van der Waals surface area contributed by atoms with Crippen molar-refractivity contribution in [3.05, 3.63) is 35.8 Å². The summed E-state index contributed by atoms with van der Waals surface area (Å²) in [5.41, 5.74) is 1.03. The average Bonchev–Trinajstić information content (AvgIpc) is 3.35. The van der Waals surface area contributed by atoms with Gasteiger partial charge in [0.1, 0.15) is 24.5 Å². The van der Waals surface area contributed by atoms with Crippen LogP contribution in [-0.4, -0.2) is 71.6 Å². The number of halogens is 1. The van der Waals surface area contributed by atoms with Crippen molar-refractivity contribution in [2.24, 2.45) is 0 Å². The molecule has 3 atom stereocenters. The van der Waals surface area contributed by atoms with Gasteiger partial charge < -0.3 is 24.8 Å². The first-order valence-corrected chi connectivity index (χ1v) is 12.6. The lowest BCUT2D eigenvalue weighted by Gasteiger charge is -2.47. The number of aromatic nitrogens is 2. The molecular weight excluding hydrogens is 463 g/mol. The first-order valence-electron chi connectivity index (χ1n) is 12.6. The lowest BCUT2D eigenvalue weighted by molar-refractivity contribution is -0.101. The van der Waals surface area contributed by atoms with E-state index in [9.17, 15) is 9.65 Å². The molecule has 4 heterocycles. The summed E-state index contributed by atoms with van der Waals surface area (Å²) < 4.78 is 31.4. The minimum atomic E-state index is -0.484. The Hall–Kier alpha value is -3.00. The van der Waals surface area contributed by atoms with Crippen molar-refractivity contribution in [1.82, 2.24) is 14.9 Å². The Balaban J connectivity index is 1.25. The van der Waals surface area contributed by atoms with E-state index in [-0.39, 0.29) is 29.5 Å². The normalized spacial score (nSPS) is 25.6. The highest BCUT2D eigenvalue weighted by atomic mass is 19.1. The van der Waals surface area contributed by atoms with Crippen LogP contribution < -0.4 is 15.4 Å². The van der Waals surface area contributed by atoms with Gasteiger partial charge in [0.05, 0.1) is 31.6 Å². The van der Waals surface area contributed by atoms with Crippen molar-refractivity contribution in [3.63, 3.8) is 0 Å². The maximum Gasteiger partial charge on any atom is 0.229 e. The predicted octanol–water partition coefficient (Wildman–Crippen LogP) is 3.84. The molecule has 0 saturated carbocycles. The molecule has 2 aromatic rings. The van der Waals surface area contributed by atoms with Gasteiger partial charge in [-0.3, -0.25) is 4.90 Å². The Morgan fingerprint density at radius 2 is 2.22 bits per heavy atom. The molecule has 5 rings (SSSR count). The van der Waals surface area contributed by atoms with Crippen molar-refractivity contribution in [2.45, 2.75) is 63.3 Å². The number of nitrogens with one attached hydrogen (secondary N) is 2. The van der Waals surface area contributed by atoms with Gasteiger partial charge in [0.15, 0.2) is 11.6 Å². The molecule has 3 fully saturated rings. The highest BCUT2D eigenvalue weighted by Crippen LogP contribution is 2.38. The number of fused-ring (bicyclic) bond motifs is 1. The minimum Gasteiger partial charge on any atom is -0.489 e. The zero-order valence-electron chi connectivity index (χ0n) is 20.8. The van der Waals surface area contributed by atoms with Crippen molar-refractivity contribution in [1.29, 1.82) is 5.26 Å². The molecule has 1 aromatic heterocycles. The first kappa shape index (κ1) is 24.7. The second kappa shape index (κ2) is 10.5. The highest BCUT2D eigenvalue weighted by molar-refractivity contribution is 5.61. The van der Waals surface area contributed by atoms with Crippen LogP contribution in [0.15, 0.2) is 24.4 Å². The van der Waals surface area contributed by atoms with Crippen LogP contribution in [0.5, 0.6) is 5.75 Å². The van der Waals surface area contributed by atoms with Crippen LogP contribution in [0, 0.1) is 17.1 Å². The molecule has 0 amide bonds. The summed E-state index contributed by atoms with van der Waals surface area (Å²) >= 11 is 0. The van der Waals surface area contributed by atoms with Gasteiger partial charge >= 0.3 is 0 Å². The van der Waals surface area contributed by atoms with Crippen LogP contribution in [0.2, 0.25) is 0 Å².